The van der Waals surface area contributed by atoms with Crippen molar-refractivity contribution in [3.05, 3.63) is 118 Å². The third-order valence-electron chi connectivity index (χ3n) is 7.20. The highest BCUT2D eigenvalue weighted by molar-refractivity contribution is 5.83. The van der Waals surface area contributed by atoms with Crippen molar-refractivity contribution >= 4 is 10.8 Å². The molecular weight excluding hydrogens is 498 g/mol. The Hall–Kier alpha value is -4.98. The van der Waals surface area contributed by atoms with E-state index in [1.54, 1.807) is 4.57 Å². The molecule has 6 aromatic rings. The Morgan fingerprint density at radius 3 is 2.40 bits per heavy atom. The number of tetrazole rings is 1. The van der Waals surface area contributed by atoms with Crippen molar-refractivity contribution in [1.82, 2.24) is 35.2 Å². The van der Waals surface area contributed by atoms with Gasteiger partial charge in [0.05, 0.1) is 5.69 Å². The number of hydrogen-bond donors (Lipinski definition) is 1. The minimum absolute atomic E-state index is 0.0621. The molecule has 0 spiro atoms. The van der Waals surface area contributed by atoms with Gasteiger partial charge in [0.25, 0.3) is 5.56 Å². The second-order valence-electron chi connectivity index (χ2n) is 9.87. The average molecular weight is 528 g/mol. The Labute approximate surface area is 231 Å². The summed E-state index contributed by atoms with van der Waals surface area (Å²) in [5.41, 5.74) is 5.52. The molecule has 3 aromatic carbocycles. The van der Waals surface area contributed by atoms with Crippen LogP contribution < -0.4 is 5.56 Å². The smallest absolute Gasteiger partial charge is 0.263 e. The summed E-state index contributed by atoms with van der Waals surface area (Å²) in [5.74, 6) is 1.79. The normalized spacial score (nSPS) is 11.2. The Kier molecular flexibility index (Phi) is 6.97. The van der Waals surface area contributed by atoms with Crippen molar-refractivity contribution in [2.45, 2.75) is 39.5 Å². The molecule has 6 rings (SSSR count). The van der Waals surface area contributed by atoms with Crippen molar-refractivity contribution in [3.8, 4) is 28.3 Å². The fourth-order valence-corrected chi connectivity index (χ4v) is 5.12. The lowest BCUT2D eigenvalue weighted by atomic mass is 9.96. The predicted octanol–water partition coefficient (Wildman–Crippen LogP) is 5.87. The van der Waals surface area contributed by atoms with Gasteiger partial charge in [-0.05, 0) is 53.1 Å². The quantitative estimate of drug-likeness (QED) is 0.266. The monoisotopic (exact) mass is 527 g/mol. The lowest BCUT2D eigenvalue weighted by molar-refractivity contribution is 0.729. The molecule has 0 saturated heterocycles. The second-order valence-corrected chi connectivity index (χ2v) is 9.87. The summed E-state index contributed by atoms with van der Waals surface area (Å²) >= 11 is 0. The van der Waals surface area contributed by atoms with E-state index in [0.29, 0.717) is 29.5 Å². The van der Waals surface area contributed by atoms with E-state index in [2.05, 4.69) is 56.8 Å². The number of aromatic nitrogens is 7. The lowest BCUT2D eigenvalue weighted by Crippen LogP contribution is -2.29. The molecule has 198 valence electrons. The van der Waals surface area contributed by atoms with Crippen LogP contribution in [0, 0.1) is 6.92 Å². The van der Waals surface area contributed by atoms with Gasteiger partial charge < -0.3 is 0 Å². The van der Waals surface area contributed by atoms with Crippen LogP contribution in [0.15, 0.2) is 89.9 Å². The van der Waals surface area contributed by atoms with Gasteiger partial charge in [-0.3, -0.25) is 4.79 Å². The van der Waals surface area contributed by atoms with Crippen LogP contribution in [-0.4, -0.2) is 35.2 Å². The summed E-state index contributed by atoms with van der Waals surface area (Å²) < 4.78 is 1.65. The molecule has 3 heterocycles. The maximum atomic E-state index is 14.0. The fourth-order valence-electron chi connectivity index (χ4n) is 5.12. The number of benzene rings is 3. The van der Waals surface area contributed by atoms with Gasteiger partial charge in [0, 0.05) is 29.1 Å². The fraction of sp³-hybridized carbons (Fsp3) is 0.188. The summed E-state index contributed by atoms with van der Waals surface area (Å²) in [6.45, 7) is 4.03. The van der Waals surface area contributed by atoms with Crippen LogP contribution in [0.2, 0.25) is 0 Å². The van der Waals surface area contributed by atoms with E-state index in [1.807, 2.05) is 67.7 Å². The average Bonchev–Trinajstić information content (AvgIpc) is 3.53. The highest BCUT2D eigenvalue weighted by Gasteiger charge is 2.18. The lowest BCUT2D eigenvalue weighted by Gasteiger charge is -2.16. The largest absolute Gasteiger partial charge is 0.268 e. The number of unbranched alkanes of at least 4 members (excludes halogenated alkanes) is 1. The zero-order chi connectivity index (χ0) is 27.5. The minimum Gasteiger partial charge on any atom is -0.268 e. The van der Waals surface area contributed by atoms with Crippen molar-refractivity contribution in [1.29, 1.82) is 0 Å². The van der Waals surface area contributed by atoms with E-state index in [1.165, 1.54) is 0 Å². The van der Waals surface area contributed by atoms with Crippen LogP contribution in [0.25, 0.3) is 39.1 Å². The summed E-state index contributed by atoms with van der Waals surface area (Å²) in [6, 6.07) is 26.3. The van der Waals surface area contributed by atoms with Crippen molar-refractivity contribution in [3.63, 3.8) is 0 Å². The molecule has 0 fully saturated rings. The van der Waals surface area contributed by atoms with E-state index in [4.69, 9.17) is 4.98 Å². The number of aromatic amines is 1. The molecule has 1 N–H and O–H groups in total. The van der Waals surface area contributed by atoms with Crippen LogP contribution in [0.5, 0.6) is 0 Å². The van der Waals surface area contributed by atoms with Crippen LogP contribution >= 0.6 is 0 Å². The van der Waals surface area contributed by atoms with Gasteiger partial charge in [-0.1, -0.05) is 86.1 Å². The number of nitrogens with zero attached hydrogens (tertiary/aromatic N) is 6. The summed E-state index contributed by atoms with van der Waals surface area (Å²) in [4.78, 5) is 23.6. The third kappa shape index (κ3) is 4.91. The maximum Gasteiger partial charge on any atom is 0.263 e. The number of hydrogen-bond acceptors (Lipinski definition) is 6. The van der Waals surface area contributed by atoms with Crippen molar-refractivity contribution < 1.29 is 0 Å². The van der Waals surface area contributed by atoms with Crippen LogP contribution in [0.1, 0.15) is 42.4 Å². The van der Waals surface area contributed by atoms with Gasteiger partial charge >= 0.3 is 0 Å². The zero-order valence-electron chi connectivity index (χ0n) is 22.5. The first-order valence-corrected chi connectivity index (χ1v) is 13.5. The third-order valence-corrected chi connectivity index (χ3v) is 7.20. The standard InChI is InChI=1S/C32H29N7O/c1-3-4-13-29-28(32(40)39(21(2)34-29)30-19-24-9-5-6-10-25(24)20-33-30)18-22-14-16-23(17-15-22)26-11-7-8-12-27(26)31-35-37-38-36-31/h5-12,14-17,19-20H,3-4,13,18H2,1-2H3,(H,35,36,37,38). The first-order chi connectivity index (χ1) is 19.6. The van der Waals surface area contributed by atoms with Crippen molar-refractivity contribution in [2.24, 2.45) is 0 Å². The van der Waals surface area contributed by atoms with Gasteiger partial charge in [-0.15, -0.1) is 10.2 Å². The highest BCUT2D eigenvalue weighted by atomic mass is 16.1. The van der Waals surface area contributed by atoms with Crippen LogP contribution in [0.4, 0.5) is 0 Å². The zero-order valence-corrected chi connectivity index (χ0v) is 22.5. The predicted molar refractivity (Wildman–Crippen MR) is 156 cm³/mol. The van der Waals surface area contributed by atoms with Gasteiger partial charge in [0.15, 0.2) is 0 Å². The SMILES string of the molecule is CCCCc1nc(C)n(-c2cc3ccccc3cn2)c(=O)c1Cc1ccc(-c2ccccc2-c2nn[nH]n2)cc1. The van der Waals surface area contributed by atoms with Gasteiger partial charge in [0.1, 0.15) is 11.6 Å². The van der Waals surface area contributed by atoms with Gasteiger partial charge in [-0.2, -0.15) is 5.21 Å². The molecule has 0 aliphatic rings. The Balaban J connectivity index is 1.38. The Bertz CT molecular complexity index is 1840. The van der Waals surface area contributed by atoms with E-state index in [0.717, 1.165) is 58.0 Å². The van der Waals surface area contributed by atoms with E-state index >= 15 is 0 Å². The first kappa shape index (κ1) is 25.3. The van der Waals surface area contributed by atoms with Gasteiger partial charge in [-0.25, -0.2) is 14.5 Å². The maximum absolute atomic E-state index is 14.0. The molecule has 0 unspecified atom stereocenters. The highest BCUT2D eigenvalue weighted by Crippen LogP contribution is 2.30. The summed E-state index contributed by atoms with van der Waals surface area (Å²) in [6.07, 6.45) is 5.08. The Morgan fingerprint density at radius 1 is 0.900 bits per heavy atom. The number of nitrogens with one attached hydrogen (secondary N) is 1. The minimum atomic E-state index is -0.0621. The summed E-state index contributed by atoms with van der Waals surface area (Å²) in [5, 5.41) is 16.6. The molecule has 0 aliphatic carbocycles. The molecule has 0 atom stereocenters. The Morgan fingerprint density at radius 2 is 1.65 bits per heavy atom. The van der Waals surface area contributed by atoms with Crippen LogP contribution in [-0.2, 0) is 12.8 Å². The molecule has 0 aliphatic heterocycles. The molecule has 8 heteroatoms. The number of rotatable bonds is 8. The van der Waals surface area contributed by atoms with E-state index in [-0.39, 0.29) is 5.56 Å². The van der Waals surface area contributed by atoms with Crippen molar-refractivity contribution in [2.75, 3.05) is 0 Å². The number of pyridine rings is 1. The van der Waals surface area contributed by atoms with Crippen LogP contribution in [0.3, 0.4) is 0 Å². The molecule has 0 saturated carbocycles. The number of H-pyrrole nitrogens is 1. The summed E-state index contributed by atoms with van der Waals surface area (Å²) in [7, 11) is 0. The first-order valence-electron chi connectivity index (χ1n) is 13.5. The van der Waals surface area contributed by atoms with Gasteiger partial charge in [0.2, 0.25) is 5.82 Å². The molecule has 8 nitrogen and oxygen atoms in total. The van der Waals surface area contributed by atoms with E-state index in [9.17, 15) is 4.79 Å². The molecule has 0 amide bonds. The molecule has 40 heavy (non-hydrogen) atoms. The molecule has 3 aromatic heterocycles. The molecular formula is C32H29N7O. The van der Waals surface area contributed by atoms with E-state index < -0.39 is 0 Å². The second kappa shape index (κ2) is 11.0. The molecule has 0 radical (unpaired) electrons. The number of aryl methyl sites for hydroxylation is 2. The topological polar surface area (TPSA) is 102 Å². The number of fused-ring (bicyclic) bond motifs is 1. The molecule has 0 bridgehead atoms.